The lowest BCUT2D eigenvalue weighted by atomic mass is 10.2. The molecule has 2 aromatic rings. The number of amides is 2. The number of hydrogen-bond donors (Lipinski definition) is 2. The number of fused-ring (bicyclic) bond motifs is 1. The van der Waals surface area contributed by atoms with Crippen LogP contribution in [0.25, 0.3) is 0 Å². The number of benzene rings is 2. The number of carbonyl (C=O) groups excluding carboxylic acids is 3. The number of anilines is 1. The molecule has 0 radical (unpaired) electrons. The van der Waals surface area contributed by atoms with Gasteiger partial charge in [0.1, 0.15) is 17.3 Å². The first-order chi connectivity index (χ1) is 16.7. The van der Waals surface area contributed by atoms with E-state index in [4.69, 9.17) is 14.2 Å². The highest BCUT2D eigenvalue weighted by Crippen LogP contribution is 2.39. The molecule has 13 heteroatoms. The van der Waals surface area contributed by atoms with Crippen LogP contribution in [0.3, 0.4) is 0 Å². The molecular formula is C22H21F2N3O8. The van der Waals surface area contributed by atoms with Crippen LogP contribution in [0.4, 0.5) is 20.2 Å². The van der Waals surface area contributed by atoms with Crippen molar-refractivity contribution in [3.63, 3.8) is 0 Å². The van der Waals surface area contributed by atoms with Gasteiger partial charge in [0.25, 0.3) is 17.5 Å². The summed E-state index contributed by atoms with van der Waals surface area (Å²) in [6, 6.07) is 4.94. The van der Waals surface area contributed by atoms with E-state index in [0.717, 1.165) is 18.2 Å². The van der Waals surface area contributed by atoms with E-state index in [9.17, 15) is 33.3 Å². The van der Waals surface area contributed by atoms with Crippen molar-refractivity contribution in [2.24, 2.45) is 0 Å². The molecule has 0 spiro atoms. The number of nitrogens with one attached hydrogen (secondary N) is 2. The molecule has 1 aliphatic rings. The van der Waals surface area contributed by atoms with Gasteiger partial charge in [-0.25, -0.2) is 8.78 Å². The first-order valence-corrected chi connectivity index (χ1v) is 10.5. The van der Waals surface area contributed by atoms with Gasteiger partial charge in [-0.05, 0) is 18.6 Å². The monoisotopic (exact) mass is 493 g/mol. The van der Waals surface area contributed by atoms with Crippen LogP contribution in [0.15, 0.2) is 30.3 Å². The summed E-state index contributed by atoms with van der Waals surface area (Å²) in [6.07, 6.45) is 0.555. The number of nitro benzene ring substituents is 1. The molecule has 2 N–H and O–H groups in total. The summed E-state index contributed by atoms with van der Waals surface area (Å²) >= 11 is 0. The molecular weight excluding hydrogens is 472 g/mol. The molecule has 2 aromatic carbocycles. The van der Waals surface area contributed by atoms with Crippen molar-refractivity contribution < 1.29 is 42.3 Å². The number of nitro groups is 1. The fourth-order valence-electron chi connectivity index (χ4n) is 3.06. The zero-order chi connectivity index (χ0) is 25.4. The van der Waals surface area contributed by atoms with Crippen LogP contribution in [-0.2, 0) is 14.3 Å². The molecule has 1 aliphatic heterocycles. The van der Waals surface area contributed by atoms with Crippen molar-refractivity contribution in [3.05, 3.63) is 57.6 Å². The topological polar surface area (TPSA) is 146 Å². The molecule has 0 unspecified atom stereocenters. The van der Waals surface area contributed by atoms with E-state index >= 15 is 0 Å². The van der Waals surface area contributed by atoms with E-state index < -0.39 is 46.6 Å². The predicted molar refractivity (Wildman–Crippen MR) is 116 cm³/mol. The predicted octanol–water partition coefficient (Wildman–Crippen LogP) is 2.73. The summed E-state index contributed by atoms with van der Waals surface area (Å²) in [4.78, 5) is 46.6. The van der Waals surface area contributed by atoms with Gasteiger partial charge in [0, 0.05) is 31.5 Å². The van der Waals surface area contributed by atoms with E-state index in [-0.39, 0.29) is 42.1 Å². The third kappa shape index (κ3) is 7.09. The molecule has 2 amide bonds. The highest BCUT2D eigenvalue weighted by Gasteiger charge is 2.23. The standard InChI is InChI=1S/C22H21F2N3O8/c23-13-4-5-14(15(24)9-13)22(30)25-6-1-3-21(29)35-12-20(28)26-16-10-18-19(11-17(16)27(31)32)34-8-2-7-33-18/h4-5,9-11H,1-3,6-8,12H2,(H,25,30)(H,26,28). The Bertz CT molecular complexity index is 1140. The van der Waals surface area contributed by atoms with Crippen molar-refractivity contribution in [3.8, 4) is 11.5 Å². The van der Waals surface area contributed by atoms with Crippen molar-refractivity contribution in [1.29, 1.82) is 0 Å². The zero-order valence-corrected chi connectivity index (χ0v) is 18.3. The van der Waals surface area contributed by atoms with Crippen molar-refractivity contribution in [2.45, 2.75) is 19.3 Å². The van der Waals surface area contributed by atoms with Crippen LogP contribution in [0, 0.1) is 21.7 Å². The van der Waals surface area contributed by atoms with Gasteiger partial charge in [-0.1, -0.05) is 0 Å². The number of rotatable bonds is 9. The summed E-state index contributed by atoms with van der Waals surface area (Å²) in [5.74, 6) is -3.74. The van der Waals surface area contributed by atoms with Gasteiger partial charge >= 0.3 is 5.97 Å². The van der Waals surface area contributed by atoms with E-state index in [1.807, 2.05) is 0 Å². The molecule has 0 bridgehead atoms. The van der Waals surface area contributed by atoms with Crippen LogP contribution >= 0.6 is 0 Å². The fraction of sp³-hybridized carbons (Fsp3) is 0.318. The minimum absolute atomic E-state index is 0.000335. The Kier molecular flexibility index (Phi) is 8.48. The molecule has 186 valence electrons. The number of ether oxygens (including phenoxy) is 3. The van der Waals surface area contributed by atoms with Gasteiger partial charge in [-0.3, -0.25) is 24.5 Å². The highest BCUT2D eigenvalue weighted by atomic mass is 19.1. The van der Waals surface area contributed by atoms with E-state index in [0.29, 0.717) is 25.7 Å². The van der Waals surface area contributed by atoms with Gasteiger partial charge in [-0.2, -0.15) is 0 Å². The summed E-state index contributed by atoms with van der Waals surface area (Å²) < 4.78 is 42.2. The Balaban J connectivity index is 1.44. The molecule has 0 saturated carbocycles. The Labute approximate surface area is 197 Å². The van der Waals surface area contributed by atoms with Crippen LogP contribution in [0.2, 0.25) is 0 Å². The Hall–Kier alpha value is -4.29. The average Bonchev–Trinajstić information content (AvgIpc) is 3.04. The molecule has 1 heterocycles. The van der Waals surface area contributed by atoms with Crippen molar-refractivity contribution in [1.82, 2.24) is 5.32 Å². The van der Waals surface area contributed by atoms with E-state index in [1.54, 1.807) is 0 Å². The second-order valence-corrected chi connectivity index (χ2v) is 7.32. The maximum Gasteiger partial charge on any atom is 0.306 e. The van der Waals surface area contributed by atoms with Crippen LogP contribution in [0.1, 0.15) is 29.6 Å². The Morgan fingerprint density at radius 2 is 1.80 bits per heavy atom. The number of hydrogen-bond acceptors (Lipinski definition) is 8. The number of carbonyl (C=O) groups is 3. The van der Waals surface area contributed by atoms with E-state index in [1.165, 1.54) is 6.07 Å². The molecule has 11 nitrogen and oxygen atoms in total. The normalized spacial score (nSPS) is 12.3. The van der Waals surface area contributed by atoms with Crippen molar-refractivity contribution in [2.75, 3.05) is 31.7 Å². The fourth-order valence-corrected chi connectivity index (χ4v) is 3.06. The number of esters is 1. The lowest BCUT2D eigenvalue weighted by Gasteiger charge is -2.11. The summed E-state index contributed by atoms with van der Waals surface area (Å²) in [7, 11) is 0. The highest BCUT2D eigenvalue weighted by molar-refractivity contribution is 5.95. The van der Waals surface area contributed by atoms with Gasteiger partial charge in [-0.15, -0.1) is 0 Å². The molecule has 35 heavy (non-hydrogen) atoms. The lowest BCUT2D eigenvalue weighted by Crippen LogP contribution is -2.26. The minimum Gasteiger partial charge on any atom is -0.489 e. The van der Waals surface area contributed by atoms with Gasteiger partial charge in [0.15, 0.2) is 18.1 Å². The Morgan fingerprint density at radius 1 is 1.09 bits per heavy atom. The smallest absolute Gasteiger partial charge is 0.306 e. The molecule has 0 atom stereocenters. The van der Waals surface area contributed by atoms with E-state index in [2.05, 4.69) is 10.6 Å². The molecule has 0 aromatic heterocycles. The number of nitrogens with zero attached hydrogens (tertiary/aromatic N) is 1. The third-order valence-electron chi connectivity index (χ3n) is 4.72. The largest absolute Gasteiger partial charge is 0.489 e. The second kappa shape index (κ2) is 11.7. The molecule has 3 rings (SSSR count). The molecule has 0 aliphatic carbocycles. The molecule has 0 saturated heterocycles. The SMILES string of the molecule is O=C(COC(=O)CCCNC(=O)c1ccc(F)cc1F)Nc1cc2c(cc1[N+](=O)[O-])OCCCO2. The lowest BCUT2D eigenvalue weighted by molar-refractivity contribution is -0.384. The Morgan fingerprint density at radius 3 is 2.49 bits per heavy atom. The second-order valence-electron chi connectivity index (χ2n) is 7.32. The van der Waals surface area contributed by atoms with Crippen molar-refractivity contribution >= 4 is 29.2 Å². The maximum absolute atomic E-state index is 13.6. The van der Waals surface area contributed by atoms with Crippen LogP contribution in [-0.4, -0.2) is 49.1 Å². The summed E-state index contributed by atoms with van der Waals surface area (Å²) in [6.45, 7) is -0.0222. The summed E-state index contributed by atoms with van der Waals surface area (Å²) in [5, 5.41) is 16.1. The first kappa shape index (κ1) is 25.3. The quantitative estimate of drug-likeness (QED) is 0.235. The van der Waals surface area contributed by atoms with Gasteiger partial charge in [0.2, 0.25) is 0 Å². The van der Waals surface area contributed by atoms with Crippen LogP contribution < -0.4 is 20.1 Å². The average molecular weight is 493 g/mol. The minimum atomic E-state index is -1.01. The van der Waals surface area contributed by atoms with Crippen LogP contribution in [0.5, 0.6) is 11.5 Å². The summed E-state index contributed by atoms with van der Waals surface area (Å²) in [5.41, 5.74) is -0.896. The maximum atomic E-state index is 13.6. The number of halogens is 2. The van der Waals surface area contributed by atoms with Gasteiger partial charge < -0.3 is 24.8 Å². The zero-order valence-electron chi connectivity index (χ0n) is 18.3. The first-order valence-electron chi connectivity index (χ1n) is 10.5. The van der Waals surface area contributed by atoms with Gasteiger partial charge in [0.05, 0.1) is 29.8 Å². The molecule has 0 fully saturated rings. The third-order valence-corrected chi connectivity index (χ3v) is 4.72.